The molecule has 4 nitrogen and oxygen atoms in total. The number of carbonyl (C=O) groups is 1. The number of carbonyl (C=O) groups excluding carboxylic acids is 1. The van der Waals surface area contributed by atoms with Crippen molar-refractivity contribution in [1.29, 1.82) is 0 Å². The molecule has 0 aliphatic heterocycles. The van der Waals surface area contributed by atoms with Crippen LogP contribution in [0.25, 0.3) is 0 Å². The molecule has 0 fully saturated rings. The normalized spacial score (nSPS) is 9.94. The van der Waals surface area contributed by atoms with E-state index < -0.39 is 5.91 Å². The summed E-state index contributed by atoms with van der Waals surface area (Å²) in [4.78, 5) is 12.6. The molecule has 0 aliphatic carbocycles. The molecule has 3 N–H and O–H groups in total. The highest BCUT2D eigenvalue weighted by atomic mass is 35.5. The molecule has 0 spiro atoms. The molecule has 5 heteroatoms. The molecule has 0 aliphatic rings. The van der Waals surface area contributed by atoms with Gasteiger partial charge in [0.25, 0.3) is 5.91 Å². The first kappa shape index (κ1) is 16.7. The number of amides is 1. The van der Waals surface area contributed by atoms with Gasteiger partial charge in [0.05, 0.1) is 18.7 Å². The number of hydrogen-bond donors (Lipinski definition) is 2. The predicted molar refractivity (Wildman–Crippen MR) is 67.4 cm³/mol. The maximum absolute atomic E-state index is 11.2. The minimum absolute atomic E-state index is 0. The average molecular weight is 273 g/mol. The number of para-hydroxylation sites is 1. The van der Waals surface area contributed by atoms with E-state index in [0.717, 1.165) is 19.6 Å². The molecular formula is C13H21ClN2O2. The van der Waals surface area contributed by atoms with E-state index in [0.29, 0.717) is 17.9 Å². The standard InChI is InChI=1S/C13H20N2O2.ClH/c1-3-15(4-2)9-10-17-12-8-6-5-7-11(12)13(14)16;/h5-8H,3-4,9-10H2,1-2H3,(H2,14,16);1H. The number of rotatable bonds is 7. The van der Waals surface area contributed by atoms with Crippen LogP contribution in [-0.4, -0.2) is 32.1 Å². The number of quaternary nitrogens is 1. The van der Waals surface area contributed by atoms with Gasteiger partial charge in [0, 0.05) is 0 Å². The van der Waals surface area contributed by atoms with Crippen LogP contribution >= 0.6 is 0 Å². The van der Waals surface area contributed by atoms with Crippen LogP contribution in [-0.2, 0) is 0 Å². The molecule has 1 amide bonds. The van der Waals surface area contributed by atoms with E-state index in [2.05, 4.69) is 13.8 Å². The van der Waals surface area contributed by atoms with Crippen LogP contribution in [0.4, 0.5) is 0 Å². The van der Waals surface area contributed by atoms with Crippen LogP contribution < -0.4 is 27.8 Å². The Morgan fingerprint density at radius 1 is 1.28 bits per heavy atom. The lowest BCUT2D eigenvalue weighted by Gasteiger charge is -2.16. The molecule has 0 radical (unpaired) electrons. The number of halogens is 1. The SMILES string of the molecule is CC[NH+](CC)CCOc1ccccc1C(N)=O.[Cl-]. The number of hydrogen-bond acceptors (Lipinski definition) is 2. The smallest absolute Gasteiger partial charge is 0.252 e. The molecule has 0 saturated carbocycles. The van der Waals surface area contributed by atoms with Crippen molar-refractivity contribution in [2.24, 2.45) is 5.73 Å². The van der Waals surface area contributed by atoms with Gasteiger partial charge in [0.1, 0.15) is 18.9 Å². The van der Waals surface area contributed by atoms with Gasteiger partial charge in [-0.25, -0.2) is 0 Å². The second-order valence-electron chi connectivity index (χ2n) is 3.92. The number of benzene rings is 1. The molecule has 0 unspecified atom stereocenters. The predicted octanol–water partition coefficient (Wildman–Crippen LogP) is -2.91. The van der Waals surface area contributed by atoms with E-state index in [1.54, 1.807) is 18.2 Å². The van der Waals surface area contributed by atoms with Gasteiger partial charge in [-0.2, -0.15) is 0 Å². The largest absolute Gasteiger partial charge is 1.00 e. The van der Waals surface area contributed by atoms with Crippen molar-refractivity contribution in [2.75, 3.05) is 26.2 Å². The molecule has 1 aromatic carbocycles. The number of primary amides is 1. The van der Waals surface area contributed by atoms with Crippen molar-refractivity contribution in [2.45, 2.75) is 13.8 Å². The first-order valence-corrected chi connectivity index (χ1v) is 6.04. The first-order valence-electron chi connectivity index (χ1n) is 6.04. The highest BCUT2D eigenvalue weighted by molar-refractivity contribution is 5.95. The van der Waals surface area contributed by atoms with Gasteiger partial charge in [-0.15, -0.1) is 0 Å². The molecule has 0 aromatic heterocycles. The Bertz CT molecular complexity index is 368. The third-order valence-corrected chi connectivity index (χ3v) is 2.87. The summed E-state index contributed by atoms with van der Waals surface area (Å²) in [5.74, 6) is 0.127. The summed E-state index contributed by atoms with van der Waals surface area (Å²) < 4.78 is 5.61. The van der Waals surface area contributed by atoms with Crippen LogP contribution in [0.5, 0.6) is 5.75 Å². The minimum atomic E-state index is -0.448. The molecule has 1 aromatic rings. The number of likely N-dealkylation sites (N-methyl/N-ethyl adjacent to an activating group) is 1. The fraction of sp³-hybridized carbons (Fsp3) is 0.462. The van der Waals surface area contributed by atoms with Crippen molar-refractivity contribution in [3.05, 3.63) is 29.8 Å². The molecule has 102 valence electrons. The molecule has 0 heterocycles. The van der Waals surface area contributed by atoms with E-state index >= 15 is 0 Å². The van der Waals surface area contributed by atoms with E-state index in [-0.39, 0.29) is 12.4 Å². The number of nitrogens with two attached hydrogens (primary N) is 1. The van der Waals surface area contributed by atoms with E-state index in [4.69, 9.17) is 10.5 Å². The Balaban J connectivity index is 0.00000289. The highest BCUT2D eigenvalue weighted by Gasteiger charge is 2.09. The lowest BCUT2D eigenvalue weighted by molar-refractivity contribution is -0.896. The Morgan fingerprint density at radius 3 is 2.44 bits per heavy atom. The van der Waals surface area contributed by atoms with Gasteiger partial charge in [0.2, 0.25) is 0 Å². The Morgan fingerprint density at radius 2 is 1.89 bits per heavy atom. The van der Waals surface area contributed by atoms with Gasteiger partial charge < -0.3 is 27.8 Å². The lowest BCUT2D eigenvalue weighted by Crippen LogP contribution is -3.12. The average Bonchev–Trinajstić information content (AvgIpc) is 2.35. The maximum Gasteiger partial charge on any atom is 0.252 e. The Kier molecular flexibility index (Phi) is 8.16. The van der Waals surface area contributed by atoms with E-state index in [1.807, 2.05) is 6.07 Å². The quantitative estimate of drug-likeness (QED) is 0.559. The lowest BCUT2D eigenvalue weighted by atomic mass is 10.2. The molecule has 0 saturated heterocycles. The third-order valence-electron chi connectivity index (χ3n) is 2.87. The summed E-state index contributed by atoms with van der Waals surface area (Å²) >= 11 is 0. The van der Waals surface area contributed by atoms with Crippen molar-refractivity contribution >= 4 is 5.91 Å². The zero-order valence-corrected chi connectivity index (χ0v) is 11.7. The molecule has 1 rings (SSSR count). The van der Waals surface area contributed by atoms with Crippen molar-refractivity contribution in [1.82, 2.24) is 0 Å². The number of nitrogens with one attached hydrogen (secondary N) is 1. The zero-order valence-electron chi connectivity index (χ0n) is 10.9. The molecule has 0 bridgehead atoms. The van der Waals surface area contributed by atoms with Crippen LogP contribution in [0.2, 0.25) is 0 Å². The Labute approximate surface area is 115 Å². The molecular weight excluding hydrogens is 252 g/mol. The van der Waals surface area contributed by atoms with E-state index in [9.17, 15) is 4.79 Å². The van der Waals surface area contributed by atoms with Crippen LogP contribution in [0, 0.1) is 0 Å². The van der Waals surface area contributed by atoms with Crippen LogP contribution in [0.1, 0.15) is 24.2 Å². The highest BCUT2D eigenvalue weighted by Crippen LogP contribution is 2.16. The minimum Gasteiger partial charge on any atom is -1.00 e. The summed E-state index contributed by atoms with van der Waals surface area (Å²) in [6, 6.07) is 7.08. The summed E-state index contributed by atoms with van der Waals surface area (Å²) in [6.07, 6.45) is 0. The second kappa shape index (κ2) is 8.78. The molecule has 18 heavy (non-hydrogen) atoms. The van der Waals surface area contributed by atoms with Crippen LogP contribution in [0.15, 0.2) is 24.3 Å². The number of ether oxygens (including phenoxy) is 1. The van der Waals surface area contributed by atoms with Gasteiger partial charge in [-0.1, -0.05) is 12.1 Å². The summed E-state index contributed by atoms with van der Waals surface area (Å²) in [7, 11) is 0. The van der Waals surface area contributed by atoms with E-state index in [1.165, 1.54) is 4.90 Å². The summed E-state index contributed by atoms with van der Waals surface area (Å²) in [6.45, 7) is 7.99. The molecule has 0 atom stereocenters. The fourth-order valence-electron chi connectivity index (χ4n) is 1.70. The summed E-state index contributed by atoms with van der Waals surface area (Å²) in [5, 5.41) is 0. The van der Waals surface area contributed by atoms with Gasteiger partial charge in [0.15, 0.2) is 0 Å². The van der Waals surface area contributed by atoms with Gasteiger partial charge in [-0.05, 0) is 26.0 Å². The fourth-order valence-corrected chi connectivity index (χ4v) is 1.70. The Hall–Kier alpha value is -1.26. The van der Waals surface area contributed by atoms with Gasteiger partial charge >= 0.3 is 0 Å². The van der Waals surface area contributed by atoms with Crippen molar-refractivity contribution in [3.8, 4) is 5.75 Å². The maximum atomic E-state index is 11.2. The second-order valence-corrected chi connectivity index (χ2v) is 3.92. The third kappa shape index (κ3) is 4.94. The monoisotopic (exact) mass is 272 g/mol. The van der Waals surface area contributed by atoms with Gasteiger partial charge in [-0.3, -0.25) is 4.79 Å². The zero-order chi connectivity index (χ0) is 12.7. The van der Waals surface area contributed by atoms with Crippen molar-refractivity contribution in [3.63, 3.8) is 0 Å². The van der Waals surface area contributed by atoms with Crippen LogP contribution in [0.3, 0.4) is 0 Å². The summed E-state index contributed by atoms with van der Waals surface area (Å²) in [5.41, 5.74) is 5.72. The topological polar surface area (TPSA) is 56.8 Å². The first-order chi connectivity index (χ1) is 8.19. The van der Waals surface area contributed by atoms with Crippen molar-refractivity contribution < 1.29 is 26.8 Å².